The smallest absolute Gasteiger partial charge is 0.240 e. The van der Waals surface area contributed by atoms with E-state index in [-0.39, 0.29) is 17.3 Å². The SMILES string of the molecule is CC(=O)Nc1ccc(S(=O)(=O)NCC(O)c2ccsc2)cc1. The molecule has 0 spiro atoms. The average Bonchev–Trinajstić information content (AvgIpc) is 2.99. The zero-order valence-corrected chi connectivity index (χ0v) is 13.4. The van der Waals surface area contributed by atoms with E-state index < -0.39 is 16.1 Å². The monoisotopic (exact) mass is 340 g/mol. The lowest BCUT2D eigenvalue weighted by atomic mass is 10.2. The second-order valence-electron chi connectivity index (χ2n) is 4.63. The zero-order chi connectivity index (χ0) is 16.2. The molecule has 0 fully saturated rings. The van der Waals surface area contributed by atoms with E-state index in [9.17, 15) is 18.3 Å². The number of aliphatic hydroxyl groups is 1. The van der Waals surface area contributed by atoms with Crippen LogP contribution in [0.3, 0.4) is 0 Å². The molecule has 1 unspecified atom stereocenters. The third-order valence-electron chi connectivity index (χ3n) is 2.88. The van der Waals surface area contributed by atoms with Crippen LogP contribution in [0.25, 0.3) is 0 Å². The summed E-state index contributed by atoms with van der Waals surface area (Å²) >= 11 is 1.43. The highest BCUT2D eigenvalue weighted by Crippen LogP contribution is 2.17. The molecule has 0 aliphatic heterocycles. The van der Waals surface area contributed by atoms with Crippen LogP contribution < -0.4 is 10.0 Å². The molecule has 0 saturated heterocycles. The van der Waals surface area contributed by atoms with Crippen molar-refractivity contribution in [2.45, 2.75) is 17.9 Å². The van der Waals surface area contributed by atoms with Gasteiger partial charge in [-0.3, -0.25) is 4.79 Å². The molecule has 3 N–H and O–H groups in total. The van der Waals surface area contributed by atoms with Crippen molar-refractivity contribution in [2.24, 2.45) is 0 Å². The second-order valence-corrected chi connectivity index (χ2v) is 7.18. The van der Waals surface area contributed by atoms with Crippen molar-refractivity contribution in [3.63, 3.8) is 0 Å². The highest BCUT2D eigenvalue weighted by Gasteiger charge is 2.17. The molecule has 0 radical (unpaired) electrons. The van der Waals surface area contributed by atoms with Gasteiger partial charge < -0.3 is 10.4 Å². The van der Waals surface area contributed by atoms with Crippen molar-refractivity contribution >= 4 is 33.0 Å². The van der Waals surface area contributed by atoms with Crippen LogP contribution in [0, 0.1) is 0 Å². The van der Waals surface area contributed by atoms with Crippen LogP contribution in [-0.4, -0.2) is 26.0 Å². The number of hydrogen-bond donors (Lipinski definition) is 3. The van der Waals surface area contributed by atoms with Crippen molar-refractivity contribution in [1.29, 1.82) is 0 Å². The summed E-state index contributed by atoms with van der Waals surface area (Å²) in [5, 5.41) is 16.0. The summed E-state index contributed by atoms with van der Waals surface area (Å²) in [7, 11) is -3.71. The molecule has 118 valence electrons. The third-order valence-corrected chi connectivity index (χ3v) is 5.02. The number of sulfonamides is 1. The van der Waals surface area contributed by atoms with E-state index in [2.05, 4.69) is 10.0 Å². The van der Waals surface area contributed by atoms with Gasteiger partial charge in [0.2, 0.25) is 15.9 Å². The Morgan fingerprint density at radius 2 is 1.95 bits per heavy atom. The summed E-state index contributed by atoms with van der Waals surface area (Å²) in [5.41, 5.74) is 1.19. The van der Waals surface area contributed by atoms with Crippen molar-refractivity contribution in [3.05, 3.63) is 46.7 Å². The van der Waals surface area contributed by atoms with E-state index in [1.807, 2.05) is 5.38 Å². The van der Waals surface area contributed by atoms with Gasteiger partial charge in [-0.05, 0) is 46.7 Å². The summed E-state index contributed by atoms with van der Waals surface area (Å²) in [6.07, 6.45) is -0.889. The Morgan fingerprint density at radius 1 is 1.27 bits per heavy atom. The first-order valence-electron chi connectivity index (χ1n) is 6.46. The lowest BCUT2D eigenvalue weighted by Crippen LogP contribution is -2.28. The maximum Gasteiger partial charge on any atom is 0.240 e. The van der Waals surface area contributed by atoms with Gasteiger partial charge in [0.15, 0.2) is 0 Å². The molecule has 1 heterocycles. The molecule has 1 amide bonds. The Bertz CT molecular complexity index is 725. The van der Waals surface area contributed by atoms with Gasteiger partial charge in [-0.25, -0.2) is 13.1 Å². The number of rotatable bonds is 6. The lowest BCUT2D eigenvalue weighted by molar-refractivity contribution is -0.114. The fourth-order valence-corrected chi connectivity index (χ4v) is 3.52. The molecular weight excluding hydrogens is 324 g/mol. The molecule has 1 atom stereocenters. The van der Waals surface area contributed by atoms with Crippen LogP contribution in [0.15, 0.2) is 46.0 Å². The maximum absolute atomic E-state index is 12.1. The predicted molar refractivity (Wildman–Crippen MR) is 85.2 cm³/mol. The van der Waals surface area contributed by atoms with Crippen molar-refractivity contribution < 1.29 is 18.3 Å². The van der Waals surface area contributed by atoms with E-state index in [1.54, 1.807) is 11.4 Å². The number of hydrogen-bond acceptors (Lipinski definition) is 5. The molecular formula is C14H16N2O4S2. The number of amides is 1. The molecule has 1 aromatic carbocycles. The number of anilines is 1. The molecule has 8 heteroatoms. The molecule has 0 aliphatic carbocycles. The van der Waals surface area contributed by atoms with Crippen LogP contribution in [0.1, 0.15) is 18.6 Å². The summed E-state index contributed by atoms with van der Waals surface area (Å²) in [4.78, 5) is 11.0. The van der Waals surface area contributed by atoms with Gasteiger partial charge in [-0.2, -0.15) is 11.3 Å². The quantitative estimate of drug-likeness (QED) is 0.746. The summed E-state index contributed by atoms with van der Waals surface area (Å²) in [5.74, 6) is -0.229. The predicted octanol–water partition coefficient (Wildman–Crippen LogP) is 1.72. The van der Waals surface area contributed by atoms with E-state index in [1.165, 1.54) is 42.5 Å². The van der Waals surface area contributed by atoms with E-state index in [0.717, 1.165) is 0 Å². The van der Waals surface area contributed by atoms with Gasteiger partial charge in [-0.15, -0.1) is 0 Å². The normalized spacial score (nSPS) is 12.8. The highest BCUT2D eigenvalue weighted by atomic mass is 32.2. The number of thiophene rings is 1. The Labute approximate surface area is 132 Å². The zero-order valence-electron chi connectivity index (χ0n) is 11.8. The molecule has 22 heavy (non-hydrogen) atoms. The number of nitrogens with one attached hydrogen (secondary N) is 2. The first-order valence-corrected chi connectivity index (χ1v) is 8.88. The van der Waals surface area contributed by atoms with Crippen LogP contribution in [0.4, 0.5) is 5.69 Å². The van der Waals surface area contributed by atoms with Gasteiger partial charge >= 0.3 is 0 Å². The van der Waals surface area contributed by atoms with Crippen LogP contribution >= 0.6 is 11.3 Å². The first-order chi connectivity index (χ1) is 10.4. The number of benzene rings is 1. The fourth-order valence-electron chi connectivity index (χ4n) is 1.78. The highest BCUT2D eigenvalue weighted by molar-refractivity contribution is 7.89. The Hall–Kier alpha value is -1.74. The molecule has 6 nitrogen and oxygen atoms in total. The molecule has 1 aromatic heterocycles. The van der Waals surface area contributed by atoms with Crippen LogP contribution in [0.2, 0.25) is 0 Å². The van der Waals surface area contributed by atoms with Gasteiger partial charge in [-0.1, -0.05) is 0 Å². The Kier molecular flexibility index (Phi) is 5.30. The standard InChI is InChI=1S/C14H16N2O4S2/c1-10(17)16-12-2-4-13(5-3-12)22(19,20)15-8-14(18)11-6-7-21-9-11/h2-7,9,14-15,18H,8H2,1H3,(H,16,17). The Balaban J connectivity index is 2.02. The summed E-state index contributed by atoms with van der Waals surface area (Å²) < 4.78 is 26.6. The Morgan fingerprint density at radius 3 is 2.50 bits per heavy atom. The van der Waals surface area contributed by atoms with Crippen LogP contribution in [0.5, 0.6) is 0 Å². The van der Waals surface area contributed by atoms with Crippen molar-refractivity contribution in [1.82, 2.24) is 4.72 Å². The molecule has 0 saturated carbocycles. The van der Waals surface area contributed by atoms with Gasteiger partial charge in [0.1, 0.15) is 0 Å². The average molecular weight is 340 g/mol. The number of carbonyl (C=O) groups excluding carboxylic acids is 1. The molecule has 2 rings (SSSR count). The van der Waals surface area contributed by atoms with Gasteiger partial charge in [0, 0.05) is 19.2 Å². The second kappa shape index (κ2) is 7.01. The summed E-state index contributed by atoms with van der Waals surface area (Å²) in [6.45, 7) is 1.27. The van der Waals surface area contributed by atoms with E-state index in [0.29, 0.717) is 11.3 Å². The summed E-state index contributed by atoms with van der Waals surface area (Å²) in [6, 6.07) is 7.54. The maximum atomic E-state index is 12.1. The van der Waals surface area contributed by atoms with Crippen molar-refractivity contribution in [3.8, 4) is 0 Å². The van der Waals surface area contributed by atoms with Gasteiger partial charge in [0.05, 0.1) is 11.0 Å². The molecule has 0 bridgehead atoms. The molecule has 2 aromatic rings. The minimum atomic E-state index is -3.71. The largest absolute Gasteiger partial charge is 0.387 e. The van der Waals surface area contributed by atoms with Crippen molar-refractivity contribution in [2.75, 3.05) is 11.9 Å². The minimum absolute atomic E-state index is 0.0686. The van der Waals surface area contributed by atoms with Crippen LogP contribution in [-0.2, 0) is 14.8 Å². The van der Waals surface area contributed by atoms with E-state index >= 15 is 0 Å². The minimum Gasteiger partial charge on any atom is -0.387 e. The first kappa shape index (κ1) is 16.6. The van der Waals surface area contributed by atoms with E-state index in [4.69, 9.17) is 0 Å². The number of carbonyl (C=O) groups is 1. The topological polar surface area (TPSA) is 95.5 Å². The fraction of sp³-hybridized carbons (Fsp3) is 0.214. The molecule has 0 aliphatic rings. The van der Waals surface area contributed by atoms with Gasteiger partial charge in [0.25, 0.3) is 0 Å². The lowest BCUT2D eigenvalue weighted by Gasteiger charge is -2.11. The number of aliphatic hydroxyl groups excluding tert-OH is 1. The third kappa shape index (κ3) is 4.38.